The number of rotatable bonds is 25. The van der Waals surface area contributed by atoms with E-state index in [9.17, 15) is 13.2 Å². The van der Waals surface area contributed by atoms with E-state index in [1.807, 2.05) is 0 Å². The smallest absolute Gasteiger partial charge is 0.324 e. The Kier molecular flexibility index (Phi) is 21.3. The van der Waals surface area contributed by atoms with Crippen molar-refractivity contribution in [1.82, 2.24) is 0 Å². The molecule has 1 aromatic rings. The van der Waals surface area contributed by atoms with Crippen LogP contribution >= 0.6 is 0 Å². The minimum atomic E-state index is -4.31. The minimum Gasteiger partial charge on any atom is -0.468 e. The fraction of sp³-hybridized carbons (Fsp3) is 0.792. The highest BCUT2D eigenvalue weighted by Crippen LogP contribution is 2.46. The maximum atomic E-state index is 14.8. The van der Waals surface area contributed by atoms with Gasteiger partial charge in [0.25, 0.3) is 0 Å². The largest absolute Gasteiger partial charge is 0.468 e. The Labute approximate surface area is 416 Å². The number of benzene rings is 1. The Balaban J connectivity index is 1.62. The Morgan fingerprint density at radius 3 is 1.97 bits per heavy atom. The van der Waals surface area contributed by atoms with Gasteiger partial charge in [0.2, 0.25) is 0 Å². The summed E-state index contributed by atoms with van der Waals surface area (Å²) in [4.78, 5) is 14.1. The van der Waals surface area contributed by atoms with Crippen LogP contribution in [0.1, 0.15) is 121 Å². The fourth-order valence-electron chi connectivity index (χ4n) is 9.89. The molecule has 0 N–H and O–H groups in total. The third-order valence-electron chi connectivity index (χ3n) is 16.7. The van der Waals surface area contributed by atoms with Gasteiger partial charge in [0, 0.05) is 32.5 Å². The van der Waals surface area contributed by atoms with Crippen molar-refractivity contribution in [3.63, 3.8) is 0 Å². The van der Waals surface area contributed by atoms with Crippen molar-refractivity contribution in [1.29, 1.82) is 0 Å². The van der Waals surface area contributed by atoms with Crippen LogP contribution in [0.2, 0.25) is 54.4 Å². The molecule has 0 bridgehead atoms. The normalized spacial score (nSPS) is 27.7. The molecule has 0 unspecified atom stereocenters. The van der Waals surface area contributed by atoms with E-state index in [1.54, 1.807) is 25.3 Å². The molecule has 3 aliphatic rings. The summed E-state index contributed by atoms with van der Waals surface area (Å²) in [7, 11) is -7.68. The summed E-state index contributed by atoms with van der Waals surface area (Å²) in [6, 6.07) is 11.6. The summed E-state index contributed by atoms with van der Waals surface area (Å²) >= 11 is 0. The SMILES string of the molecule is C=C1C[C@H](CCCO[Si](CC)(CC)CC)O[C@H]1CC[C@H]1C[C@@H](C)C(=C)[C@@H](C[C@@H]2O[C@H](C[C@@H](CO[Si](C)(C)C(C)(C)C)O[Si](C)(C)C(C)(C)C)[C@H](OC)[C@H]2[C@@H](C(=O)OC)S(=O)(=O)c2ccccc2)O1. The highest BCUT2D eigenvalue weighted by molar-refractivity contribution is 7.92. The van der Waals surface area contributed by atoms with E-state index in [4.69, 9.17) is 37.0 Å². The highest BCUT2D eigenvalue weighted by Gasteiger charge is 2.57. The van der Waals surface area contributed by atoms with Gasteiger partial charge in [-0.2, -0.15) is 0 Å². The average molecular weight is 1020 g/mol. The number of methoxy groups -OCH3 is 2. The summed E-state index contributed by atoms with van der Waals surface area (Å²) in [5.74, 6) is -1.68. The van der Waals surface area contributed by atoms with E-state index in [0.29, 0.717) is 13.0 Å². The number of ether oxygens (including phenoxy) is 5. The molecule has 0 amide bonds. The van der Waals surface area contributed by atoms with Gasteiger partial charge >= 0.3 is 5.97 Å². The van der Waals surface area contributed by atoms with Crippen LogP contribution in [0, 0.1) is 11.8 Å². The number of sulfone groups is 1. The molecule has 15 heteroatoms. The third kappa shape index (κ3) is 14.6. The average Bonchev–Trinajstić information content (AvgIpc) is 3.80. The molecule has 68 heavy (non-hydrogen) atoms. The first kappa shape index (κ1) is 59.1. The molecular formula is C53H94O11SSi3. The molecule has 0 radical (unpaired) electrons. The molecule has 3 fully saturated rings. The van der Waals surface area contributed by atoms with Gasteiger partial charge in [-0.1, -0.05) is 101 Å². The zero-order valence-corrected chi connectivity index (χ0v) is 49.1. The summed E-state index contributed by atoms with van der Waals surface area (Å²) < 4.78 is 82.5. The molecule has 3 saturated heterocycles. The molecule has 1 aromatic carbocycles. The molecule has 11 atom stereocenters. The number of esters is 1. The van der Waals surface area contributed by atoms with Crippen LogP contribution in [0.25, 0.3) is 0 Å². The lowest BCUT2D eigenvalue weighted by molar-refractivity contribution is -0.142. The number of carbonyl (C=O) groups is 1. The second-order valence-corrected chi connectivity index (χ2v) is 39.6. The van der Waals surface area contributed by atoms with Crippen LogP contribution in [0.5, 0.6) is 0 Å². The van der Waals surface area contributed by atoms with E-state index >= 15 is 0 Å². The second kappa shape index (κ2) is 24.5. The van der Waals surface area contributed by atoms with Crippen LogP contribution in [0.15, 0.2) is 59.5 Å². The topological polar surface area (TPSA) is 125 Å². The van der Waals surface area contributed by atoms with Crippen molar-refractivity contribution in [3.05, 3.63) is 54.6 Å². The molecule has 0 aliphatic carbocycles. The molecule has 4 rings (SSSR count). The third-order valence-corrected chi connectivity index (χ3v) is 32.5. The molecule has 390 valence electrons. The van der Waals surface area contributed by atoms with Gasteiger partial charge in [0.05, 0.1) is 67.4 Å². The molecule has 0 spiro atoms. The standard InChI is InChI=1S/C53H94O11SSi3/c1-19-68(20-2,21-3)59-31-25-26-40-33-38(5)44(61-40)30-29-41-32-37(4)39(6)45(62-41)35-46-48(50(51(54)58-14)65(55,56)43-27-23-22-24-28-43)49(57-13)47(63-46)34-42(64-67(17,18)53(10,11)12)36-60-66(15,16)52(7,8)9/h22-24,27-28,37,40-42,44-50H,5-6,19-21,25-26,29-36H2,1-4,7-18H3/t37-,40+,41+,42+,44+,45-,46+,47-,48+,49+,50+/m1/s1. The Hall–Kier alpha value is -1.51. The first-order valence-electron chi connectivity index (χ1n) is 25.8. The fourth-order valence-corrected chi connectivity index (χ4v) is 16.9. The van der Waals surface area contributed by atoms with Gasteiger partial charge in [-0.15, -0.1) is 0 Å². The van der Waals surface area contributed by atoms with Crippen LogP contribution in [0.3, 0.4) is 0 Å². The van der Waals surface area contributed by atoms with Gasteiger partial charge in [0.1, 0.15) is 0 Å². The maximum Gasteiger partial charge on any atom is 0.324 e. The summed E-state index contributed by atoms with van der Waals surface area (Å²) in [5.41, 5.74) is 2.06. The van der Waals surface area contributed by atoms with E-state index in [1.165, 1.54) is 19.2 Å². The van der Waals surface area contributed by atoms with Gasteiger partial charge in [0.15, 0.2) is 40.0 Å². The summed E-state index contributed by atoms with van der Waals surface area (Å²) in [5, 5.41) is -1.73. The molecule has 0 aromatic heterocycles. The first-order valence-corrected chi connectivity index (χ1v) is 35.7. The zero-order chi connectivity index (χ0) is 51.0. The van der Waals surface area contributed by atoms with Crippen LogP contribution in [0.4, 0.5) is 0 Å². The van der Waals surface area contributed by atoms with Crippen molar-refractivity contribution >= 4 is 40.8 Å². The van der Waals surface area contributed by atoms with Crippen molar-refractivity contribution in [2.24, 2.45) is 11.8 Å². The Bertz CT molecular complexity index is 1880. The van der Waals surface area contributed by atoms with Crippen molar-refractivity contribution < 1.29 is 50.2 Å². The Morgan fingerprint density at radius 2 is 1.41 bits per heavy atom. The van der Waals surface area contributed by atoms with Crippen molar-refractivity contribution in [2.45, 2.75) is 234 Å². The molecule has 3 heterocycles. The second-order valence-electron chi connectivity index (χ2n) is 23.2. The lowest BCUT2D eigenvalue weighted by Crippen LogP contribution is -2.50. The van der Waals surface area contributed by atoms with Crippen LogP contribution in [-0.2, 0) is 51.6 Å². The van der Waals surface area contributed by atoms with Gasteiger partial charge in [-0.25, -0.2) is 8.42 Å². The van der Waals surface area contributed by atoms with Crippen LogP contribution < -0.4 is 0 Å². The van der Waals surface area contributed by atoms with Gasteiger partial charge in [-0.3, -0.25) is 4.79 Å². The Morgan fingerprint density at radius 1 is 0.809 bits per heavy atom. The lowest BCUT2D eigenvalue weighted by Gasteiger charge is -2.42. The quantitative estimate of drug-likeness (QED) is 0.0402. The highest BCUT2D eigenvalue weighted by atomic mass is 32.2. The van der Waals surface area contributed by atoms with Crippen molar-refractivity contribution in [3.8, 4) is 0 Å². The van der Waals surface area contributed by atoms with Crippen LogP contribution in [-0.4, -0.2) is 121 Å². The van der Waals surface area contributed by atoms with Gasteiger partial charge < -0.3 is 37.0 Å². The zero-order valence-electron chi connectivity index (χ0n) is 45.2. The number of hydrogen-bond acceptors (Lipinski definition) is 11. The number of hydrogen-bond donors (Lipinski definition) is 0. The summed E-state index contributed by atoms with van der Waals surface area (Å²) in [6.07, 6.45) is 2.78. The monoisotopic (exact) mass is 1020 g/mol. The predicted molar refractivity (Wildman–Crippen MR) is 282 cm³/mol. The van der Waals surface area contributed by atoms with E-state index in [-0.39, 0.29) is 51.7 Å². The molecule has 11 nitrogen and oxygen atoms in total. The van der Waals surface area contributed by atoms with E-state index in [0.717, 1.165) is 74.4 Å². The van der Waals surface area contributed by atoms with E-state index in [2.05, 4.69) is 109 Å². The summed E-state index contributed by atoms with van der Waals surface area (Å²) in [6.45, 7) is 41.3. The van der Waals surface area contributed by atoms with Crippen molar-refractivity contribution in [2.75, 3.05) is 27.4 Å². The van der Waals surface area contributed by atoms with Gasteiger partial charge in [-0.05, 0) is 122 Å². The van der Waals surface area contributed by atoms with E-state index < -0.39 is 76.3 Å². The molecule has 0 saturated carbocycles. The lowest BCUT2D eigenvalue weighted by atomic mass is 9.82. The number of carbonyl (C=O) groups excluding carboxylic acids is 1. The molecule has 3 aliphatic heterocycles. The minimum absolute atomic E-state index is 0.0251. The first-order chi connectivity index (χ1) is 31.6. The predicted octanol–water partition coefficient (Wildman–Crippen LogP) is 12.2. The maximum absolute atomic E-state index is 14.8. The molecular weight excluding hydrogens is 929 g/mol.